The highest BCUT2D eigenvalue weighted by molar-refractivity contribution is 5.86. The number of aryl methyl sites for hydroxylation is 2. The van der Waals surface area contributed by atoms with Gasteiger partial charge in [0.05, 0.1) is 37.3 Å². The first-order valence-electron chi connectivity index (χ1n) is 28.0. The van der Waals surface area contributed by atoms with Crippen molar-refractivity contribution in [3.05, 3.63) is 124 Å². The first-order valence-corrected chi connectivity index (χ1v) is 28.0. The van der Waals surface area contributed by atoms with Crippen LogP contribution >= 0.6 is 0 Å². The molecule has 6 rings (SSSR count). The van der Waals surface area contributed by atoms with E-state index in [-0.39, 0.29) is 30.9 Å². The maximum absolute atomic E-state index is 14.0. The van der Waals surface area contributed by atoms with Gasteiger partial charge in [0.15, 0.2) is 0 Å². The summed E-state index contributed by atoms with van der Waals surface area (Å²) in [7, 11) is 0. The van der Waals surface area contributed by atoms with Crippen LogP contribution in [0.2, 0.25) is 0 Å². The van der Waals surface area contributed by atoms with Crippen LogP contribution in [0, 0.1) is 16.7 Å². The van der Waals surface area contributed by atoms with Gasteiger partial charge in [0.25, 0.3) is 0 Å². The minimum Gasteiger partial charge on any atom is -0.494 e. The van der Waals surface area contributed by atoms with E-state index in [0.717, 1.165) is 96.9 Å². The third-order valence-corrected chi connectivity index (χ3v) is 15.1. The number of carbonyl (C=O) groups excluding carboxylic acids is 2. The van der Waals surface area contributed by atoms with Gasteiger partial charge in [0.1, 0.15) is 17.2 Å². The lowest BCUT2D eigenvalue weighted by molar-refractivity contribution is -0.274. The summed E-state index contributed by atoms with van der Waals surface area (Å²) in [5.41, 5.74) is 31.0. The smallest absolute Gasteiger partial charge is 0.494 e. The fraction of sp³-hybridized carbons (Fsp3) is 0.531. The summed E-state index contributed by atoms with van der Waals surface area (Å²) >= 11 is 0. The fourth-order valence-corrected chi connectivity index (χ4v) is 10.2. The van der Waals surface area contributed by atoms with Crippen molar-refractivity contribution in [2.45, 2.75) is 175 Å². The summed E-state index contributed by atoms with van der Waals surface area (Å²) in [6.07, 6.45) is 9.47. The lowest BCUT2D eigenvalue weighted by atomic mass is 9.79. The van der Waals surface area contributed by atoms with E-state index in [0.29, 0.717) is 56.6 Å². The van der Waals surface area contributed by atoms with Crippen LogP contribution in [0.1, 0.15) is 165 Å². The number of benzene rings is 4. The Morgan fingerprint density at radius 3 is 1.73 bits per heavy atom. The molecule has 11 nitrogen and oxygen atoms in total. The quantitative estimate of drug-likeness (QED) is 0.0329. The van der Waals surface area contributed by atoms with Gasteiger partial charge in [-0.1, -0.05) is 60.7 Å². The molecule has 4 aromatic rings. The summed E-state index contributed by atoms with van der Waals surface area (Å²) < 4.78 is 70.2. The van der Waals surface area contributed by atoms with E-state index in [1.807, 2.05) is 96.1 Å². The lowest BCUT2D eigenvalue weighted by Crippen LogP contribution is -2.50. The number of carbonyl (C=O) groups is 2. The maximum atomic E-state index is 14.0. The third-order valence-electron chi connectivity index (χ3n) is 15.1. The van der Waals surface area contributed by atoms with Gasteiger partial charge in [-0.2, -0.15) is 0 Å². The highest BCUT2D eigenvalue weighted by atomic mass is 19.4. The van der Waals surface area contributed by atoms with Crippen molar-refractivity contribution < 1.29 is 46.4 Å². The molecular formula is C64H87F3N4O7. The van der Waals surface area contributed by atoms with Crippen LogP contribution in [0.25, 0.3) is 23.3 Å². The van der Waals surface area contributed by atoms with E-state index in [4.69, 9.17) is 46.6 Å². The van der Waals surface area contributed by atoms with Crippen molar-refractivity contribution in [2.75, 3.05) is 26.4 Å². The van der Waals surface area contributed by atoms with Crippen LogP contribution in [0.5, 0.6) is 17.2 Å². The number of halogens is 3. The van der Waals surface area contributed by atoms with Gasteiger partial charge in [-0.3, -0.25) is 9.59 Å². The van der Waals surface area contributed by atoms with Crippen LogP contribution in [-0.2, 0) is 38.3 Å². The second-order valence-electron chi connectivity index (χ2n) is 24.2. The number of fused-ring (bicyclic) bond motifs is 2. The maximum Gasteiger partial charge on any atom is 0.573 e. The zero-order chi connectivity index (χ0) is 56.9. The summed E-state index contributed by atoms with van der Waals surface area (Å²) in [5, 5.41) is 0. The van der Waals surface area contributed by atoms with Crippen molar-refractivity contribution >= 4 is 35.2 Å². The van der Waals surface area contributed by atoms with E-state index in [2.05, 4.69) is 30.3 Å². The molecular weight excluding hydrogens is 994 g/mol. The molecule has 0 bridgehead atoms. The van der Waals surface area contributed by atoms with Gasteiger partial charge in [-0.15, -0.1) is 13.2 Å². The summed E-state index contributed by atoms with van der Waals surface area (Å²) in [5.74, 6) is 0.760. The van der Waals surface area contributed by atoms with Gasteiger partial charge < -0.3 is 46.6 Å². The van der Waals surface area contributed by atoms with Crippen LogP contribution < -0.4 is 37.1 Å². The number of unbranched alkanes of at least 4 members (excludes halogenated alkanes) is 3. The first-order chi connectivity index (χ1) is 36.7. The molecule has 0 heterocycles. The van der Waals surface area contributed by atoms with Gasteiger partial charge in [0, 0.05) is 35.1 Å². The number of rotatable bonds is 27. The molecule has 2 aliphatic carbocycles. The van der Waals surface area contributed by atoms with Crippen LogP contribution in [-0.4, -0.2) is 67.9 Å². The van der Waals surface area contributed by atoms with Gasteiger partial charge in [-0.05, 0) is 226 Å². The summed E-state index contributed by atoms with van der Waals surface area (Å²) in [6, 6.07) is 26.8. The Morgan fingerprint density at radius 2 is 1.14 bits per heavy atom. The molecule has 0 saturated heterocycles. The molecule has 0 radical (unpaired) electrons. The molecule has 2 aliphatic rings. The Kier molecular flexibility index (Phi) is 21.3. The Bertz CT molecular complexity index is 2690. The molecule has 14 heteroatoms. The normalized spacial score (nSPS) is 16.1. The number of ether oxygens (including phenoxy) is 5. The lowest BCUT2D eigenvalue weighted by Gasteiger charge is -2.33. The van der Waals surface area contributed by atoms with E-state index < -0.39 is 46.3 Å². The van der Waals surface area contributed by atoms with Crippen molar-refractivity contribution in [3.8, 4) is 17.2 Å². The van der Waals surface area contributed by atoms with Crippen molar-refractivity contribution in [1.29, 1.82) is 0 Å². The molecule has 426 valence electrons. The minimum atomic E-state index is -4.87. The Hall–Kier alpha value is -5.67. The third kappa shape index (κ3) is 18.7. The number of nitrogens with two attached hydrogens (primary N) is 4. The van der Waals surface area contributed by atoms with Crippen LogP contribution in [0.15, 0.2) is 84.9 Å². The Labute approximate surface area is 462 Å². The second-order valence-corrected chi connectivity index (χ2v) is 24.2. The monoisotopic (exact) mass is 1080 g/mol. The van der Waals surface area contributed by atoms with Crippen LogP contribution in [0.4, 0.5) is 13.2 Å². The topological polar surface area (TPSA) is 184 Å². The van der Waals surface area contributed by atoms with E-state index in [9.17, 15) is 22.8 Å². The molecule has 3 atom stereocenters. The molecule has 0 saturated carbocycles. The molecule has 0 fully saturated rings. The number of hydrogen-bond acceptors (Lipinski definition) is 11. The highest BCUT2D eigenvalue weighted by Crippen LogP contribution is 2.40. The predicted octanol–water partition coefficient (Wildman–Crippen LogP) is 13.0. The first kappa shape index (κ1) is 61.5. The summed E-state index contributed by atoms with van der Waals surface area (Å²) in [4.78, 5) is 25.8. The van der Waals surface area contributed by atoms with E-state index >= 15 is 0 Å². The standard InChI is InChI=1S/C64H87F3N4O7/c1-60(2,70)41-56(68)62(5,6)58(72)76-31-15-10-9-14-30-74-53-28-26-47-34-44(35-49(38-51(47)40-53)45-18-12-11-13-19-45)23-22-43-24-29-55(78-64(65,66)67)54(36-43)48-21-16-20-46-25-27-52(39-50(46)37-48)75-32-17-33-77-59(73)63(7,8)57(69)42-61(3,4)71/h11-13,18-19,24-29,36-40,44,56-57H,9-10,14-17,20-23,30-35,41-42,68-71H2,1-8H3. The SMILES string of the molecule is CC(C)(N)CC(N)C(C)(C)C(=O)OCCCCCCOc1ccc2c(c1)C=C(c1ccccc1)CC(CCc1ccc(OC(F)(F)F)c(C3=Cc4cc(OCCCOC(=O)C(C)(C)C(N)CC(C)(C)N)ccc4CCC3)c1)C2. The average Bonchev–Trinajstić information content (AvgIpc) is 3.71. The van der Waals surface area contributed by atoms with Crippen molar-refractivity contribution in [2.24, 2.45) is 39.7 Å². The Balaban J connectivity index is 1.07. The number of esters is 2. The Morgan fingerprint density at radius 1 is 0.603 bits per heavy atom. The van der Waals surface area contributed by atoms with Crippen LogP contribution in [0.3, 0.4) is 0 Å². The van der Waals surface area contributed by atoms with E-state index in [1.54, 1.807) is 19.9 Å². The van der Waals surface area contributed by atoms with Crippen molar-refractivity contribution in [1.82, 2.24) is 0 Å². The van der Waals surface area contributed by atoms with E-state index in [1.165, 1.54) is 17.2 Å². The fourth-order valence-electron chi connectivity index (χ4n) is 10.2. The molecule has 0 aromatic heterocycles. The molecule has 4 aromatic carbocycles. The van der Waals surface area contributed by atoms with Gasteiger partial charge in [-0.25, -0.2) is 0 Å². The minimum absolute atomic E-state index is 0.155. The number of alkyl halides is 3. The predicted molar refractivity (Wildman–Crippen MR) is 307 cm³/mol. The van der Waals surface area contributed by atoms with Gasteiger partial charge in [0.2, 0.25) is 0 Å². The zero-order valence-electron chi connectivity index (χ0n) is 47.5. The largest absolute Gasteiger partial charge is 0.573 e. The molecule has 3 unspecified atom stereocenters. The highest BCUT2D eigenvalue weighted by Gasteiger charge is 2.39. The number of hydrogen-bond donors (Lipinski definition) is 4. The van der Waals surface area contributed by atoms with Crippen molar-refractivity contribution in [3.63, 3.8) is 0 Å². The molecule has 0 spiro atoms. The molecule has 8 N–H and O–H groups in total. The summed E-state index contributed by atoms with van der Waals surface area (Å²) in [6.45, 7) is 16.1. The molecule has 0 amide bonds. The molecule has 0 aliphatic heterocycles. The molecule has 78 heavy (non-hydrogen) atoms. The second kappa shape index (κ2) is 27.0. The van der Waals surface area contributed by atoms with Gasteiger partial charge >= 0.3 is 18.3 Å². The average molecular weight is 1080 g/mol. The zero-order valence-corrected chi connectivity index (χ0v) is 47.5. The number of allylic oxidation sites excluding steroid dienone is 2.